The van der Waals surface area contributed by atoms with Crippen LogP contribution in [0.4, 0.5) is 0 Å². The molecule has 108 valence electrons. The standard InChI is InChI=1S/C18H31N/c1-2-3-5-8-16-9-11-17(12-10-16)18(15-19)13-6-4-7-14-18/h16-17H,2-14H2,1H3. The molecule has 0 N–H and O–H groups in total. The van der Waals surface area contributed by atoms with Crippen LogP contribution in [0, 0.1) is 28.6 Å². The number of hydrogen-bond donors (Lipinski definition) is 0. The molecule has 0 aromatic heterocycles. The first-order valence-electron chi connectivity index (χ1n) is 8.72. The Morgan fingerprint density at radius 3 is 2.26 bits per heavy atom. The van der Waals surface area contributed by atoms with Crippen molar-refractivity contribution in [3.05, 3.63) is 0 Å². The quantitative estimate of drug-likeness (QED) is 0.570. The monoisotopic (exact) mass is 261 g/mol. The molecule has 19 heavy (non-hydrogen) atoms. The molecule has 0 atom stereocenters. The van der Waals surface area contributed by atoms with E-state index in [4.69, 9.17) is 0 Å². The van der Waals surface area contributed by atoms with Crippen molar-refractivity contribution in [3.8, 4) is 6.07 Å². The number of hydrogen-bond acceptors (Lipinski definition) is 1. The molecule has 0 aromatic rings. The first kappa shape index (κ1) is 14.9. The highest BCUT2D eigenvalue weighted by atomic mass is 14.5. The van der Waals surface area contributed by atoms with Gasteiger partial charge in [-0.3, -0.25) is 0 Å². The Labute approximate surface area is 119 Å². The zero-order valence-electron chi connectivity index (χ0n) is 12.8. The van der Waals surface area contributed by atoms with Crippen LogP contribution in [0.2, 0.25) is 0 Å². The van der Waals surface area contributed by atoms with E-state index in [0.29, 0.717) is 0 Å². The lowest BCUT2D eigenvalue weighted by atomic mass is 9.61. The molecule has 2 aliphatic carbocycles. The van der Waals surface area contributed by atoms with E-state index in [0.717, 1.165) is 11.8 Å². The third-order valence-electron chi connectivity index (χ3n) is 5.81. The summed E-state index contributed by atoms with van der Waals surface area (Å²) in [6.45, 7) is 2.29. The van der Waals surface area contributed by atoms with Crippen molar-refractivity contribution < 1.29 is 0 Å². The average Bonchev–Trinajstić information content (AvgIpc) is 2.49. The molecule has 2 rings (SSSR count). The second-order valence-electron chi connectivity index (χ2n) is 7.04. The summed E-state index contributed by atoms with van der Waals surface area (Å²) in [6, 6.07) is 2.75. The Morgan fingerprint density at radius 2 is 1.68 bits per heavy atom. The van der Waals surface area contributed by atoms with Crippen molar-refractivity contribution in [1.29, 1.82) is 5.26 Å². The van der Waals surface area contributed by atoms with Gasteiger partial charge in [-0.05, 0) is 37.5 Å². The Hall–Kier alpha value is -0.510. The van der Waals surface area contributed by atoms with Gasteiger partial charge < -0.3 is 0 Å². The van der Waals surface area contributed by atoms with Crippen molar-refractivity contribution >= 4 is 0 Å². The van der Waals surface area contributed by atoms with E-state index in [1.54, 1.807) is 0 Å². The maximum atomic E-state index is 9.68. The molecular formula is C18H31N. The smallest absolute Gasteiger partial charge is 0.0692 e. The third-order valence-corrected chi connectivity index (χ3v) is 5.81. The lowest BCUT2D eigenvalue weighted by Crippen LogP contribution is -2.34. The van der Waals surface area contributed by atoms with Crippen molar-refractivity contribution in [2.24, 2.45) is 17.3 Å². The zero-order valence-corrected chi connectivity index (χ0v) is 12.8. The van der Waals surface area contributed by atoms with Crippen LogP contribution in [0.1, 0.15) is 90.4 Å². The van der Waals surface area contributed by atoms with E-state index in [9.17, 15) is 5.26 Å². The van der Waals surface area contributed by atoms with Gasteiger partial charge in [0.1, 0.15) is 0 Å². The van der Waals surface area contributed by atoms with Gasteiger partial charge in [-0.1, -0.05) is 64.7 Å². The molecule has 1 nitrogen and oxygen atoms in total. The van der Waals surface area contributed by atoms with Crippen LogP contribution in [0.3, 0.4) is 0 Å². The van der Waals surface area contributed by atoms with Gasteiger partial charge in [-0.2, -0.15) is 5.26 Å². The summed E-state index contributed by atoms with van der Waals surface area (Å²) < 4.78 is 0. The van der Waals surface area contributed by atoms with Crippen molar-refractivity contribution in [1.82, 2.24) is 0 Å². The molecule has 0 saturated heterocycles. The van der Waals surface area contributed by atoms with Crippen LogP contribution < -0.4 is 0 Å². The molecule has 2 saturated carbocycles. The highest BCUT2D eigenvalue weighted by molar-refractivity contribution is 5.05. The van der Waals surface area contributed by atoms with Crippen LogP contribution in [0.15, 0.2) is 0 Å². The van der Waals surface area contributed by atoms with E-state index in [2.05, 4.69) is 13.0 Å². The number of nitriles is 1. The van der Waals surface area contributed by atoms with Gasteiger partial charge in [-0.15, -0.1) is 0 Å². The van der Waals surface area contributed by atoms with Crippen molar-refractivity contribution in [2.75, 3.05) is 0 Å². The molecule has 0 unspecified atom stereocenters. The molecule has 0 spiro atoms. The van der Waals surface area contributed by atoms with Crippen LogP contribution >= 0.6 is 0 Å². The number of nitrogens with zero attached hydrogens (tertiary/aromatic N) is 1. The molecule has 0 amide bonds. The normalized spacial score (nSPS) is 30.7. The lowest BCUT2D eigenvalue weighted by Gasteiger charge is -2.41. The van der Waals surface area contributed by atoms with Gasteiger partial charge in [-0.25, -0.2) is 0 Å². The SMILES string of the molecule is CCCCCC1CCC(C2(C#N)CCCCC2)CC1. The maximum absolute atomic E-state index is 9.68. The summed E-state index contributed by atoms with van der Waals surface area (Å²) in [4.78, 5) is 0. The van der Waals surface area contributed by atoms with E-state index >= 15 is 0 Å². The van der Waals surface area contributed by atoms with Crippen LogP contribution in [0.5, 0.6) is 0 Å². The van der Waals surface area contributed by atoms with E-state index in [1.807, 2.05) is 0 Å². The Balaban J connectivity index is 1.80. The van der Waals surface area contributed by atoms with Crippen molar-refractivity contribution in [3.63, 3.8) is 0 Å². The Bertz CT molecular complexity index is 287. The van der Waals surface area contributed by atoms with Gasteiger partial charge in [0, 0.05) is 0 Å². The molecule has 0 heterocycles. The minimum atomic E-state index is 0.0760. The molecular weight excluding hydrogens is 230 g/mol. The molecule has 2 fully saturated rings. The summed E-state index contributed by atoms with van der Waals surface area (Å²) in [7, 11) is 0. The fourth-order valence-corrected chi connectivity index (χ4v) is 4.48. The highest BCUT2D eigenvalue weighted by Gasteiger charge is 2.41. The van der Waals surface area contributed by atoms with Gasteiger partial charge in [0.05, 0.1) is 11.5 Å². The first-order valence-corrected chi connectivity index (χ1v) is 8.72. The summed E-state index contributed by atoms with van der Waals surface area (Å²) in [5.41, 5.74) is 0.0760. The largest absolute Gasteiger partial charge is 0.198 e. The average molecular weight is 261 g/mol. The third kappa shape index (κ3) is 3.74. The topological polar surface area (TPSA) is 23.8 Å². The van der Waals surface area contributed by atoms with E-state index in [-0.39, 0.29) is 5.41 Å². The second-order valence-corrected chi connectivity index (χ2v) is 7.04. The fraction of sp³-hybridized carbons (Fsp3) is 0.944. The Morgan fingerprint density at radius 1 is 1.00 bits per heavy atom. The molecule has 0 radical (unpaired) electrons. The molecule has 2 aliphatic rings. The van der Waals surface area contributed by atoms with Gasteiger partial charge in [0.2, 0.25) is 0 Å². The van der Waals surface area contributed by atoms with Crippen LogP contribution in [-0.4, -0.2) is 0 Å². The molecule has 0 aromatic carbocycles. The zero-order chi connectivity index (χ0) is 13.6. The minimum absolute atomic E-state index is 0.0760. The fourth-order valence-electron chi connectivity index (χ4n) is 4.48. The van der Waals surface area contributed by atoms with Crippen LogP contribution in [0.25, 0.3) is 0 Å². The van der Waals surface area contributed by atoms with Gasteiger partial charge in [0.25, 0.3) is 0 Å². The van der Waals surface area contributed by atoms with E-state index in [1.165, 1.54) is 83.5 Å². The summed E-state index contributed by atoms with van der Waals surface area (Å²) in [5, 5.41) is 9.68. The second kappa shape index (κ2) is 7.32. The maximum Gasteiger partial charge on any atom is 0.0692 e. The minimum Gasteiger partial charge on any atom is -0.198 e. The molecule has 0 bridgehead atoms. The summed E-state index contributed by atoms with van der Waals surface area (Å²) in [5.74, 6) is 1.70. The van der Waals surface area contributed by atoms with Gasteiger partial charge >= 0.3 is 0 Å². The molecule has 0 aliphatic heterocycles. The Kier molecular flexibility index (Phi) is 5.74. The number of rotatable bonds is 5. The number of unbranched alkanes of at least 4 members (excludes halogenated alkanes) is 2. The van der Waals surface area contributed by atoms with Gasteiger partial charge in [0.15, 0.2) is 0 Å². The van der Waals surface area contributed by atoms with E-state index < -0.39 is 0 Å². The van der Waals surface area contributed by atoms with Crippen LogP contribution in [-0.2, 0) is 0 Å². The van der Waals surface area contributed by atoms with Crippen molar-refractivity contribution in [2.45, 2.75) is 90.4 Å². The lowest BCUT2D eigenvalue weighted by molar-refractivity contribution is 0.105. The summed E-state index contributed by atoms with van der Waals surface area (Å²) in [6.07, 6.45) is 17.4. The highest BCUT2D eigenvalue weighted by Crippen LogP contribution is 2.49. The summed E-state index contributed by atoms with van der Waals surface area (Å²) >= 11 is 0. The first-order chi connectivity index (χ1) is 9.30. The molecule has 1 heteroatoms. The predicted octanol–water partition coefficient (Wildman–Crippen LogP) is 5.85. The predicted molar refractivity (Wildman–Crippen MR) is 80.7 cm³/mol.